The number of aromatic nitrogens is 1. The van der Waals surface area contributed by atoms with Crippen molar-refractivity contribution < 1.29 is 4.79 Å². The number of fused-ring (bicyclic) bond motifs is 1. The van der Waals surface area contributed by atoms with Crippen molar-refractivity contribution in [3.63, 3.8) is 0 Å². The minimum absolute atomic E-state index is 0.132. The molecule has 0 saturated carbocycles. The molecule has 2 aromatic carbocycles. The fraction of sp³-hybridized carbons (Fsp3) is 0.333. The fourth-order valence-electron chi connectivity index (χ4n) is 3.42. The van der Waals surface area contributed by atoms with Crippen molar-refractivity contribution >= 4 is 39.2 Å². The number of carbonyl (C=O) groups is 1. The van der Waals surface area contributed by atoms with Gasteiger partial charge in [-0.15, -0.1) is 23.1 Å². The number of amides is 1. The van der Waals surface area contributed by atoms with E-state index in [1.807, 2.05) is 24.3 Å². The molecular weight excluding hydrogens is 374 g/mol. The zero-order valence-electron chi connectivity index (χ0n) is 15.1. The Kier molecular flexibility index (Phi) is 6.07. The number of carbonyl (C=O) groups excluding carboxylic acids is 1. The Morgan fingerprint density at radius 3 is 2.85 bits per heavy atom. The van der Waals surface area contributed by atoms with E-state index < -0.39 is 0 Å². The number of hydrogen-bond donors (Lipinski definition) is 1. The number of likely N-dealkylation sites (tertiary alicyclic amines) is 1. The summed E-state index contributed by atoms with van der Waals surface area (Å²) in [5.74, 6) is 1.41. The monoisotopic (exact) mass is 397 g/mol. The predicted molar refractivity (Wildman–Crippen MR) is 114 cm³/mol. The van der Waals surface area contributed by atoms with Gasteiger partial charge < -0.3 is 5.32 Å². The third-order valence-electron chi connectivity index (χ3n) is 4.68. The van der Waals surface area contributed by atoms with Crippen LogP contribution in [0.4, 0.5) is 0 Å². The number of nitrogens with zero attached hydrogens (tertiary/aromatic N) is 2. The molecule has 4 nitrogen and oxygen atoms in total. The lowest BCUT2D eigenvalue weighted by Crippen LogP contribution is -2.38. The molecule has 0 bridgehead atoms. The van der Waals surface area contributed by atoms with Crippen molar-refractivity contribution in [2.75, 3.05) is 18.8 Å². The van der Waals surface area contributed by atoms with Gasteiger partial charge in [-0.2, -0.15) is 0 Å². The second-order valence-corrected chi connectivity index (χ2v) is 8.94. The predicted octanol–water partition coefficient (Wildman–Crippen LogP) is 3.92. The van der Waals surface area contributed by atoms with Crippen molar-refractivity contribution in [2.45, 2.75) is 24.8 Å². The number of nitrogens with one attached hydrogen (secondary N) is 1. The molecule has 1 aliphatic heterocycles. The van der Waals surface area contributed by atoms with Crippen LogP contribution < -0.4 is 5.32 Å². The molecule has 0 radical (unpaired) electrons. The molecule has 2 heterocycles. The van der Waals surface area contributed by atoms with Crippen LogP contribution >= 0.6 is 23.1 Å². The van der Waals surface area contributed by atoms with E-state index in [-0.39, 0.29) is 11.9 Å². The van der Waals surface area contributed by atoms with Crippen LogP contribution in [0.3, 0.4) is 0 Å². The number of benzene rings is 2. The summed E-state index contributed by atoms with van der Waals surface area (Å²) in [4.78, 5) is 19.3. The summed E-state index contributed by atoms with van der Waals surface area (Å²) in [7, 11) is 0. The highest BCUT2D eigenvalue weighted by Crippen LogP contribution is 2.24. The molecule has 27 heavy (non-hydrogen) atoms. The largest absolute Gasteiger partial charge is 0.351 e. The van der Waals surface area contributed by atoms with Gasteiger partial charge in [0.05, 0.1) is 16.0 Å². The van der Waals surface area contributed by atoms with Crippen LogP contribution in [0.2, 0.25) is 0 Å². The lowest BCUT2D eigenvalue weighted by molar-refractivity contribution is -0.119. The Morgan fingerprint density at radius 2 is 2.00 bits per heavy atom. The van der Waals surface area contributed by atoms with E-state index in [0.717, 1.165) is 42.3 Å². The molecule has 1 aliphatic rings. The minimum Gasteiger partial charge on any atom is -0.351 e. The Morgan fingerprint density at radius 1 is 1.19 bits per heavy atom. The quantitative estimate of drug-likeness (QED) is 0.656. The molecule has 1 unspecified atom stereocenters. The first-order valence-electron chi connectivity index (χ1n) is 9.24. The molecule has 1 atom stereocenters. The normalized spacial score (nSPS) is 17.4. The van der Waals surface area contributed by atoms with Crippen LogP contribution in [0.1, 0.15) is 17.0 Å². The summed E-state index contributed by atoms with van der Waals surface area (Å²) in [6, 6.07) is 19.0. The molecule has 140 valence electrons. The lowest BCUT2D eigenvalue weighted by atomic mass is 10.2. The van der Waals surface area contributed by atoms with E-state index in [1.54, 1.807) is 23.1 Å². The van der Waals surface area contributed by atoms with Crippen LogP contribution in [0.15, 0.2) is 54.6 Å². The van der Waals surface area contributed by atoms with E-state index in [9.17, 15) is 4.79 Å². The highest BCUT2D eigenvalue weighted by Gasteiger charge is 2.23. The van der Waals surface area contributed by atoms with Gasteiger partial charge in [-0.25, -0.2) is 4.98 Å². The van der Waals surface area contributed by atoms with Crippen molar-refractivity contribution in [1.82, 2.24) is 15.2 Å². The standard InChI is InChI=1S/C21H23N3OS2/c25-20(14-26-15-21-23-18-8-4-5-9-19(18)27-21)22-17-10-11-24(13-17)12-16-6-2-1-3-7-16/h1-9,17H,10-15H2,(H,22,25). The number of rotatable bonds is 7. The van der Waals surface area contributed by atoms with E-state index in [1.165, 1.54) is 10.3 Å². The van der Waals surface area contributed by atoms with E-state index in [4.69, 9.17) is 0 Å². The van der Waals surface area contributed by atoms with Gasteiger partial charge in [-0.3, -0.25) is 9.69 Å². The van der Waals surface area contributed by atoms with Crippen molar-refractivity contribution in [1.29, 1.82) is 0 Å². The summed E-state index contributed by atoms with van der Waals surface area (Å²) < 4.78 is 1.21. The van der Waals surface area contributed by atoms with E-state index in [2.05, 4.69) is 45.5 Å². The minimum atomic E-state index is 0.132. The van der Waals surface area contributed by atoms with E-state index in [0.29, 0.717) is 5.75 Å². The third kappa shape index (κ3) is 5.09. The zero-order chi connectivity index (χ0) is 18.5. The Labute approximate surface area is 168 Å². The van der Waals surface area contributed by atoms with Gasteiger partial charge in [0.1, 0.15) is 5.01 Å². The zero-order valence-corrected chi connectivity index (χ0v) is 16.8. The summed E-state index contributed by atoms with van der Waals surface area (Å²) >= 11 is 3.35. The van der Waals surface area contributed by atoms with Crippen molar-refractivity contribution in [3.8, 4) is 0 Å². The molecule has 4 rings (SSSR count). The van der Waals surface area contributed by atoms with Crippen molar-refractivity contribution in [3.05, 3.63) is 65.2 Å². The Balaban J connectivity index is 1.18. The molecule has 1 fully saturated rings. The average Bonchev–Trinajstić information content (AvgIpc) is 3.28. The first kappa shape index (κ1) is 18.5. The molecule has 1 N–H and O–H groups in total. The first-order valence-corrected chi connectivity index (χ1v) is 11.2. The van der Waals surface area contributed by atoms with Crippen LogP contribution in [-0.4, -0.2) is 40.7 Å². The van der Waals surface area contributed by atoms with Crippen LogP contribution in [0.5, 0.6) is 0 Å². The second-order valence-electron chi connectivity index (χ2n) is 6.84. The molecule has 0 aliphatic carbocycles. The van der Waals surface area contributed by atoms with Crippen molar-refractivity contribution in [2.24, 2.45) is 0 Å². The van der Waals surface area contributed by atoms with Gasteiger partial charge in [0.15, 0.2) is 0 Å². The third-order valence-corrected chi connectivity index (χ3v) is 6.85. The Bertz CT molecular complexity index is 864. The molecule has 3 aromatic rings. The summed E-state index contributed by atoms with van der Waals surface area (Å²) in [5.41, 5.74) is 2.38. The number of thiazole rings is 1. The summed E-state index contributed by atoms with van der Waals surface area (Å²) in [5, 5.41) is 4.28. The molecule has 1 amide bonds. The average molecular weight is 398 g/mol. The van der Waals surface area contributed by atoms with Gasteiger partial charge in [0.25, 0.3) is 0 Å². The molecule has 1 saturated heterocycles. The maximum absolute atomic E-state index is 12.3. The Hall–Kier alpha value is -1.89. The van der Waals surface area contributed by atoms with Gasteiger partial charge >= 0.3 is 0 Å². The first-order chi connectivity index (χ1) is 13.3. The van der Waals surface area contributed by atoms with Crippen LogP contribution in [-0.2, 0) is 17.1 Å². The van der Waals surface area contributed by atoms with Gasteiger partial charge in [0, 0.05) is 31.4 Å². The molecular formula is C21H23N3OS2. The smallest absolute Gasteiger partial charge is 0.230 e. The molecule has 0 spiro atoms. The second kappa shape index (κ2) is 8.87. The highest BCUT2D eigenvalue weighted by molar-refractivity contribution is 7.99. The maximum Gasteiger partial charge on any atom is 0.230 e. The number of para-hydroxylation sites is 1. The lowest BCUT2D eigenvalue weighted by Gasteiger charge is -2.16. The molecule has 6 heteroatoms. The fourth-order valence-corrected chi connectivity index (χ4v) is 5.28. The maximum atomic E-state index is 12.3. The summed E-state index contributed by atoms with van der Waals surface area (Å²) in [6.07, 6.45) is 1.03. The highest BCUT2D eigenvalue weighted by atomic mass is 32.2. The molecule has 1 aromatic heterocycles. The van der Waals surface area contributed by atoms with Gasteiger partial charge in [-0.1, -0.05) is 42.5 Å². The number of thioether (sulfide) groups is 1. The SMILES string of the molecule is O=C(CSCc1nc2ccccc2s1)NC1CCN(Cc2ccccc2)C1. The summed E-state index contributed by atoms with van der Waals surface area (Å²) in [6.45, 7) is 2.93. The van der Waals surface area contributed by atoms with E-state index >= 15 is 0 Å². The van der Waals surface area contributed by atoms with Crippen LogP contribution in [0.25, 0.3) is 10.2 Å². The number of hydrogen-bond acceptors (Lipinski definition) is 5. The van der Waals surface area contributed by atoms with Gasteiger partial charge in [0.2, 0.25) is 5.91 Å². The van der Waals surface area contributed by atoms with Crippen LogP contribution in [0, 0.1) is 0 Å². The van der Waals surface area contributed by atoms with Gasteiger partial charge in [-0.05, 0) is 24.1 Å². The topological polar surface area (TPSA) is 45.2 Å².